The van der Waals surface area contributed by atoms with Gasteiger partial charge in [-0.05, 0) is 32.1 Å². The number of aliphatic imine (C=N–C) groups is 1. The van der Waals surface area contributed by atoms with Gasteiger partial charge >= 0.3 is 0 Å². The molecule has 4 heteroatoms. The number of hydrogen-bond donors (Lipinski definition) is 2. The lowest BCUT2D eigenvalue weighted by Gasteiger charge is -2.44. The smallest absolute Gasteiger partial charge is 0.188 e. The predicted octanol–water partition coefficient (Wildman–Crippen LogP) is 1.83. The molecule has 4 nitrogen and oxygen atoms in total. The van der Waals surface area contributed by atoms with Gasteiger partial charge in [-0.3, -0.25) is 9.89 Å². The Morgan fingerprint density at radius 3 is 2.53 bits per heavy atom. The van der Waals surface area contributed by atoms with Gasteiger partial charge in [0.1, 0.15) is 0 Å². The van der Waals surface area contributed by atoms with Crippen LogP contribution in [0.3, 0.4) is 0 Å². The highest BCUT2D eigenvalue weighted by Crippen LogP contribution is 2.27. The minimum absolute atomic E-state index is 0.0589. The largest absolute Gasteiger partial charge is 0.370 e. The summed E-state index contributed by atoms with van der Waals surface area (Å²) in [6.07, 6.45) is 3.11. The maximum Gasteiger partial charge on any atom is 0.188 e. The third-order valence-electron chi connectivity index (χ3n) is 3.79. The molecule has 0 amide bonds. The Morgan fingerprint density at radius 2 is 2.00 bits per heavy atom. The fraction of sp³-hybridized carbons (Fsp3) is 0.800. The van der Waals surface area contributed by atoms with E-state index in [1.54, 1.807) is 6.08 Å². The molecule has 0 radical (unpaired) electrons. The van der Waals surface area contributed by atoms with Crippen LogP contribution in [0.4, 0.5) is 0 Å². The molecule has 0 aromatic heterocycles. The topological polar surface area (TPSA) is 53.6 Å². The standard InChI is InChI=1S/C15H30N4/c1-6-7-17-14(16)18-11-15(4,5)19-9-12(2)8-13(3)10-19/h6,12-13H,1,7-11H2,2-5H3,(H3,16,17,18). The van der Waals surface area contributed by atoms with Crippen molar-refractivity contribution in [1.29, 1.82) is 0 Å². The van der Waals surface area contributed by atoms with Crippen molar-refractivity contribution < 1.29 is 0 Å². The summed E-state index contributed by atoms with van der Waals surface area (Å²) in [5.74, 6) is 2.04. The Hall–Kier alpha value is -1.03. The SMILES string of the molecule is C=CCNC(N)=NCC(C)(C)N1CC(C)CC(C)C1. The van der Waals surface area contributed by atoms with Crippen LogP contribution in [0.5, 0.6) is 0 Å². The highest BCUT2D eigenvalue weighted by atomic mass is 15.2. The lowest BCUT2D eigenvalue weighted by Crippen LogP contribution is -2.53. The molecule has 2 atom stereocenters. The van der Waals surface area contributed by atoms with Gasteiger partial charge in [0, 0.05) is 25.2 Å². The lowest BCUT2D eigenvalue weighted by atomic mass is 9.88. The summed E-state index contributed by atoms with van der Waals surface area (Å²) in [7, 11) is 0. The van der Waals surface area contributed by atoms with Gasteiger partial charge in [-0.1, -0.05) is 19.9 Å². The summed E-state index contributed by atoms with van der Waals surface area (Å²) >= 11 is 0. The maximum absolute atomic E-state index is 5.82. The van der Waals surface area contributed by atoms with Crippen molar-refractivity contribution in [1.82, 2.24) is 10.2 Å². The van der Waals surface area contributed by atoms with Crippen molar-refractivity contribution in [3.8, 4) is 0 Å². The van der Waals surface area contributed by atoms with E-state index >= 15 is 0 Å². The third-order valence-corrected chi connectivity index (χ3v) is 3.79. The van der Waals surface area contributed by atoms with Crippen LogP contribution in [0, 0.1) is 11.8 Å². The molecule has 1 rings (SSSR count). The second-order valence-electron chi connectivity index (χ2n) is 6.53. The molecule has 1 fully saturated rings. The van der Waals surface area contributed by atoms with Gasteiger partial charge in [-0.15, -0.1) is 6.58 Å². The Balaban J connectivity index is 2.56. The van der Waals surface area contributed by atoms with Crippen LogP contribution in [0.1, 0.15) is 34.1 Å². The number of hydrogen-bond acceptors (Lipinski definition) is 2. The zero-order chi connectivity index (χ0) is 14.5. The van der Waals surface area contributed by atoms with Crippen molar-refractivity contribution in [2.24, 2.45) is 22.6 Å². The maximum atomic E-state index is 5.82. The van der Waals surface area contributed by atoms with E-state index in [0.29, 0.717) is 12.5 Å². The van der Waals surface area contributed by atoms with Crippen LogP contribution in [-0.2, 0) is 0 Å². The van der Waals surface area contributed by atoms with Gasteiger partial charge in [0.15, 0.2) is 5.96 Å². The number of piperidine rings is 1. The highest BCUT2D eigenvalue weighted by molar-refractivity contribution is 5.77. The molecule has 0 aromatic rings. The molecule has 0 aliphatic carbocycles. The first-order chi connectivity index (χ1) is 8.85. The van der Waals surface area contributed by atoms with Crippen LogP contribution in [0.2, 0.25) is 0 Å². The zero-order valence-corrected chi connectivity index (χ0v) is 12.9. The van der Waals surface area contributed by atoms with E-state index < -0.39 is 0 Å². The van der Waals surface area contributed by atoms with E-state index in [0.717, 1.165) is 31.5 Å². The second kappa shape index (κ2) is 6.94. The van der Waals surface area contributed by atoms with Gasteiger partial charge in [-0.25, -0.2) is 0 Å². The highest BCUT2D eigenvalue weighted by Gasteiger charge is 2.32. The zero-order valence-electron chi connectivity index (χ0n) is 12.9. The van der Waals surface area contributed by atoms with E-state index in [4.69, 9.17) is 5.73 Å². The minimum atomic E-state index is 0.0589. The van der Waals surface area contributed by atoms with Crippen molar-refractivity contribution in [3.63, 3.8) is 0 Å². The first-order valence-electron chi connectivity index (χ1n) is 7.25. The predicted molar refractivity (Wildman–Crippen MR) is 83.3 cm³/mol. The Bertz CT molecular complexity index is 312. The average molecular weight is 266 g/mol. The van der Waals surface area contributed by atoms with E-state index in [1.165, 1.54) is 6.42 Å². The summed E-state index contributed by atoms with van der Waals surface area (Å²) in [5, 5.41) is 3.02. The molecule has 110 valence electrons. The second-order valence-corrected chi connectivity index (χ2v) is 6.53. The molecule has 0 bridgehead atoms. The number of nitrogens with one attached hydrogen (secondary N) is 1. The molecule has 3 N–H and O–H groups in total. The van der Waals surface area contributed by atoms with E-state index in [2.05, 4.69) is 49.5 Å². The molecule has 1 aliphatic heterocycles. The summed E-state index contributed by atoms with van der Waals surface area (Å²) in [6, 6.07) is 0. The Morgan fingerprint density at radius 1 is 1.42 bits per heavy atom. The summed E-state index contributed by atoms with van der Waals surface area (Å²) in [5.41, 5.74) is 5.88. The molecular formula is C15H30N4. The fourth-order valence-electron chi connectivity index (χ4n) is 2.77. The fourth-order valence-corrected chi connectivity index (χ4v) is 2.77. The van der Waals surface area contributed by atoms with Crippen molar-refractivity contribution in [3.05, 3.63) is 12.7 Å². The first kappa shape index (κ1) is 16.0. The normalized spacial score (nSPS) is 26.2. The molecule has 1 heterocycles. The summed E-state index contributed by atoms with van der Waals surface area (Å²) in [6.45, 7) is 16.5. The molecule has 0 spiro atoms. The minimum Gasteiger partial charge on any atom is -0.370 e. The number of nitrogens with zero attached hydrogens (tertiary/aromatic N) is 2. The van der Waals surface area contributed by atoms with Crippen molar-refractivity contribution in [2.45, 2.75) is 39.7 Å². The summed E-state index contributed by atoms with van der Waals surface area (Å²) < 4.78 is 0. The van der Waals surface area contributed by atoms with Crippen LogP contribution >= 0.6 is 0 Å². The lowest BCUT2D eigenvalue weighted by molar-refractivity contribution is 0.0513. The van der Waals surface area contributed by atoms with Crippen LogP contribution < -0.4 is 11.1 Å². The van der Waals surface area contributed by atoms with E-state index in [-0.39, 0.29) is 5.54 Å². The Labute approximate surface area is 118 Å². The van der Waals surface area contributed by atoms with Crippen LogP contribution in [0.25, 0.3) is 0 Å². The molecule has 19 heavy (non-hydrogen) atoms. The molecule has 2 unspecified atom stereocenters. The molecule has 0 saturated carbocycles. The van der Waals surface area contributed by atoms with Gasteiger partial charge in [0.2, 0.25) is 0 Å². The number of guanidine groups is 1. The monoisotopic (exact) mass is 266 g/mol. The van der Waals surface area contributed by atoms with Gasteiger partial charge < -0.3 is 11.1 Å². The molecular weight excluding hydrogens is 236 g/mol. The Kier molecular flexibility index (Phi) is 5.85. The van der Waals surface area contributed by atoms with Crippen LogP contribution in [0.15, 0.2) is 17.6 Å². The van der Waals surface area contributed by atoms with Crippen LogP contribution in [-0.4, -0.2) is 42.6 Å². The van der Waals surface area contributed by atoms with E-state index in [1.807, 2.05) is 0 Å². The summed E-state index contributed by atoms with van der Waals surface area (Å²) in [4.78, 5) is 7.00. The molecule has 1 aliphatic rings. The van der Waals surface area contributed by atoms with E-state index in [9.17, 15) is 0 Å². The third kappa shape index (κ3) is 5.23. The van der Waals surface area contributed by atoms with Gasteiger partial charge in [0.05, 0.1) is 6.54 Å². The molecule has 0 aromatic carbocycles. The number of rotatable bonds is 5. The van der Waals surface area contributed by atoms with Gasteiger partial charge in [0.25, 0.3) is 0 Å². The first-order valence-corrected chi connectivity index (χ1v) is 7.25. The molecule has 1 saturated heterocycles. The van der Waals surface area contributed by atoms with Gasteiger partial charge in [-0.2, -0.15) is 0 Å². The number of likely N-dealkylation sites (tertiary alicyclic amines) is 1. The quantitative estimate of drug-likeness (QED) is 0.453. The van der Waals surface area contributed by atoms with Crippen molar-refractivity contribution >= 4 is 5.96 Å². The van der Waals surface area contributed by atoms with Crippen molar-refractivity contribution in [2.75, 3.05) is 26.2 Å². The number of nitrogens with two attached hydrogens (primary N) is 1. The average Bonchev–Trinajstić information content (AvgIpc) is 2.32.